The third-order valence-corrected chi connectivity index (χ3v) is 17.5. The highest BCUT2D eigenvalue weighted by molar-refractivity contribution is 7.40. The molecule has 0 aromatic carbocycles. The number of hydrogen-bond donors (Lipinski definition) is 0. The van der Waals surface area contributed by atoms with Crippen LogP contribution in [-0.2, 0) is 5.41 Å². The predicted molar refractivity (Wildman–Crippen MR) is 218 cm³/mol. The Labute approximate surface area is 326 Å². The molecule has 4 aliphatic carbocycles. The standard InChI is InChI=1S/C40H30N6O2S5/c1-47-25-14-29(45-21(17-41)18-42)51-33(25)24-13-23-31(40(24)11-7-4-8-12-40)36-32(39(23)9-5-3-6-10-39)37-38(53-36)35-28(50-37)16-27(49-35)34-26(48-2)15-30(52-34)46-22(19-43)20-44/h13-16H,3-12H2,1-2H3. The summed E-state index contributed by atoms with van der Waals surface area (Å²) >= 11 is 8.67. The van der Waals surface area contributed by atoms with E-state index in [-0.39, 0.29) is 22.3 Å². The van der Waals surface area contributed by atoms with E-state index in [1.54, 1.807) is 42.8 Å². The lowest BCUT2D eigenvalue weighted by atomic mass is 9.66. The van der Waals surface area contributed by atoms with Crippen molar-refractivity contribution in [3.63, 3.8) is 0 Å². The van der Waals surface area contributed by atoms with Crippen molar-refractivity contribution in [1.29, 1.82) is 21.0 Å². The molecule has 262 valence electrons. The van der Waals surface area contributed by atoms with E-state index in [9.17, 15) is 21.0 Å². The summed E-state index contributed by atoms with van der Waals surface area (Å²) in [5, 5.41) is 38.6. The van der Waals surface area contributed by atoms with Crippen LogP contribution >= 0.6 is 56.7 Å². The Morgan fingerprint density at radius 2 is 1.19 bits per heavy atom. The zero-order chi connectivity index (χ0) is 36.5. The van der Waals surface area contributed by atoms with Crippen LogP contribution < -0.4 is 9.47 Å². The van der Waals surface area contributed by atoms with E-state index < -0.39 is 0 Å². The van der Waals surface area contributed by atoms with Crippen molar-refractivity contribution >= 4 is 108 Å². The van der Waals surface area contributed by atoms with Gasteiger partial charge in [0.2, 0.25) is 11.4 Å². The second kappa shape index (κ2) is 13.1. The molecule has 5 aromatic rings. The van der Waals surface area contributed by atoms with Crippen molar-refractivity contribution in [2.24, 2.45) is 15.4 Å². The summed E-state index contributed by atoms with van der Waals surface area (Å²) in [7, 11) is 3.34. The Morgan fingerprint density at radius 3 is 1.77 bits per heavy atom. The highest BCUT2D eigenvalue weighted by Crippen LogP contribution is 2.72. The zero-order valence-corrected chi connectivity index (χ0v) is 33.0. The van der Waals surface area contributed by atoms with Gasteiger partial charge in [0.1, 0.15) is 45.8 Å². The molecule has 0 atom stereocenters. The molecule has 5 aromatic heterocycles. The van der Waals surface area contributed by atoms with E-state index in [0.717, 1.165) is 46.1 Å². The third-order valence-electron chi connectivity index (χ3n) is 11.3. The van der Waals surface area contributed by atoms with Crippen LogP contribution in [0.2, 0.25) is 0 Å². The summed E-state index contributed by atoms with van der Waals surface area (Å²) in [6.07, 6.45) is 14.3. The van der Waals surface area contributed by atoms with Crippen LogP contribution in [0.1, 0.15) is 79.5 Å². The lowest BCUT2D eigenvalue weighted by molar-refractivity contribution is 0.347. The van der Waals surface area contributed by atoms with Gasteiger partial charge in [-0.25, -0.2) is 9.98 Å². The first-order valence-electron chi connectivity index (χ1n) is 17.5. The Bertz CT molecular complexity index is 2640. The molecule has 0 amide bonds. The first-order chi connectivity index (χ1) is 25.9. The van der Waals surface area contributed by atoms with Crippen LogP contribution in [0, 0.1) is 50.7 Å². The summed E-state index contributed by atoms with van der Waals surface area (Å²) in [6, 6.07) is 13.5. The minimum atomic E-state index is -0.174. The molecule has 2 saturated carbocycles. The van der Waals surface area contributed by atoms with E-state index in [1.807, 2.05) is 53.0 Å². The van der Waals surface area contributed by atoms with Crippen LogP contribution in [0.5, 0.6) is 11.5 Å². The van der Waals surface area contributed by atoms with Gasteiger partial charge in [-0.3, -0.25) is 0 Å². The van der Waals surface area contributed by atoms with Crippen LogP contribution in [0.3, 0.4) is 0 Å². The first kappa shape index (κ1) is 34.2. The van der Waals surface area contributed by atoms with Crippen molar-refractivity contribution in [2.45, 2.75) is 69.6 Å². The summed E-state index contributed by atoms with van der Waals surface area (Å²) in [5.74, 6) is 1.45. The van der Waals surface area contributed by atoms with Gasteiger partial charge in [-0.2, -0.15) is 21.0 Å². The van der Waals surface area contributed by atoms with Crippen molar-refractivity contribution in [3.8, 4) is 45.5 Å². The number of nitrogens with zero attached hydrogens (tertiary/aromatic N) is 6. The second-order valence-electron chi connectivity index (χ2n) is 13.8. The van der Waals surface area contributed by atoms with Gasteiger partial charge in [-0.1, -0.05) is 44.6 Å². The van der Waals surface area contributed by atoms with Crippen LogP contribution in [-0.4, -0.2) is 25.6 Å². The fourth-order valence-corrected chi connectivity index (χ4v) is 16.0. The second-order valence-corrected chi connectivity index (χ2v) is 19.0. The molecule has 0 radical (unpaired) electrons. The Hall–Kier alpha value is -4.60. The number of ether oxygens (including phenoxy) is 2. The van der Waals surface area contributed by atoms with Gasteiger partial charge >= 0.3 is 0 Å². The number of fused-ring (bicyclic) bond motifs is 9. The SMILES string of the molecule is COc1cc(N=C(C#N)C#N)sc1C1=CC2=C(c3sc4c(sc5cc(-c6sc(N=C(C#N)C#N)cc6OC)sc54)c3C23CCCCC3)C12CCCCC2. The molecule has 53 heavy (non-hydrogen) atoms. The molecule has 2 fully saturated rings. The quantitative estimate of drug-likeness (QED) is 0.157. The van der Waals surface area contributed by atoms with Gasteiger partial charge in [0.05, 0.1) is 43.0 Å². The first-order valence-corrected chi connectivity index (χ1v) is 21.6. The van der Waals surface area contributed by atoms with Gasteiger partial charge in [-0.05, 0) is 54.0 Å². The number of rotatable bonds is 6. The smallest absolute Gasteiger partial charge is 0.219 e. The number of allylic oxidation sites excluding steroid dienone is 4. The van der Waals surface area contributed by atoms with Gasteiger partial charge in [-0.15, -0.1) is 56.7 Å². The van der Waals surface area contributed by atoms with E-state index >= 15 is 0 Å². The molecule has 0 N–H and O–H groups in total. The molecule has 0 unspecified atom stereocenters. The Balaban J connectivity index is 1.21. The number of aliphatic imine (C=N–C) groups is 2. The maximum Gasteiger partial charge on any atom is 0.219 e. The minimum Gasteiger partial charge on any atom is -0.495 e. The Morgan fingerprint density at radius 1 is 0.623 bits per heavy atom. The van der Waals surface area contributed by atoms with Crippen molar-refractivity contribution < 1.29 is 9.47 Å². The summed E-state index contributed by atoms with van der Waals surface area (Å²) in [4.78, 5) is 13.2. The highest BCUT2D eigenvalue weighted by atomic mass is 32.1. The van der Waals surface area contributed by atoms with Crippen LogP contribution in [0.25, 0.3) is 39.7 Å². The van der Waals surface area contributed by atoms with Gasteiger partial charge in [0.15, 0.2) is 0 Å². The molecule has 2 spiro atoms. The molecule has 0 saturated heterocycles. The molecule has 13 heteroatoms. The monoisotopic (exact) mass is 786 g/mol. The molecular weight excluding hydrogens is 757 g/mol. The highest BCUT2D eigenvalue weighted by Gasteiger charge is 2.57. The van der Waals surface area contributed by atoms with E-state index in [4.69, 9.17) is 9.47 Å². The van der Waals surface area contributed by atoms with Gasteiger partial charge in [0.25, 0.3) is 0 Å². The lowest BCUT2D eigenvalue weighted by Gasteiger charge is -2.38. The average molecular weight is 787 g/mol. The number of hydrogen-bond acceptors (Lipinski definition) is 13. The van der Waals surface area contributed by atoms with E-state index in [0.29, 0.717) is 15.8 Å². The Kier molecular flexibility index (Phi) is 8.42. The minimum absolute atomic E-state index is 0.0213. The fourth-order valence-electron chi connectivity index (χ4n) is 9.20. The molecule has 4 aliphatic rings. The van der Waals surface area contributed by atoms with Crippen molar-refractivity contribution in [3.05, 3.63) is 45.2 Å². The number of methoxy groups -OCH3 is 2. The number of nitriles is 4. The largest absolute Gasteiger partial charge is 0.495 e. The maximum absolute atomic E-state index is 9.44. The predicted octanol–water partition coefficient (Wildman–Crippen LogP) is 12.2. The average Bonchev–Trinajstić information content (AvgIpc) is 4.05. The van der Waals surface area contributed by atoms with Crippen molar-refractivity contribution in [2.75, 3.05) is 14.2 Å². The third kappa shape index (κ3) is 5.03. The van der Waals surface area contributed by atoms with Crippen molar-refractivity contribution in [1.82, 2.24) is 0 Å². The topological polar surface area (TPSA) is 138 Å². The zero-order valence-electron chi connectivity index (χ0n) is 28.9. The van der Waals surface area contributed by atoms with E-state index in [2.05, 4.69) is 22.1 Å². The lowest BCUT2D eigenvalue weighted by Crippen LogP contribution is -2.28. The summed E-state index contributed by atoms with van der Waals surface area (Å²) in [5.41, 5.74) is 5.49. The maximum atomic E-state index is 9.44. The normalized spacial score (nSPS) is 17.9. The molecule has 9 rings (SSSR count). The van der Waals surface area contributed by atoms with E-state index in [1.165, 1.54) is 96.0 Å². The fraction of sp³-hybridized carbons (Fsp3) is 0.350. The molecule has 8 nitrogen and oxygen atoms in total. The van der Waals surface area contributed by atoms with Crippen LogP contribution in [0.4, 0.5) is 10.0 Å². The molecule has 0 aliphatic heterocycles. The molecule has 5 heterocycles. The van der Waals surface area contributed by atoms with Gasteiger partial charge < -0.3 is 9.47 Å². The summed E-state index contributed by atoms with van der Waals surface area (Å²) < 4.78 is 17.1. The van der Waals surface area contributed by atoms with Crippen LogP contribution in [0.15, 0.2) is 39.8 Å². The number of thiophene rings is 5. The molecular formula is C40H30N6O2S5. The van der Waals surface area contributed by atoms with Gasteiger partial charge in [0, 0.05) is 32.5 Å². The summed E-state index contributed by atoms with van der Waals surface area (Å²) in [6.45, 7) is 0. The molecule has 0 bridgehead atoms.